The summed E-state index contributed by atoms with van der Waals surface area (Å²) >= 11 is 1.22. The fourth-order valence-corrected chi connectivity index (χ4v) is 3.15. The second kappa shape index (κ2) is 5.49. The van der Waals surface area contributed by atoms with Crippen LogP contribution in [0.5, 0.6) is 0 Å². The molecule has 2 aromatic heterocycles. The van der Waals surface area contributed by atoms with Crippen LogP contribution >= 0.6 is 11.8 Å². The third-order valence-corrected chi connectivity index (χ3v) is 4.16. The molecular formula is C16H16F2N4S. The van der Waals surface area contributed by atoms with Crippen LogP contribution in [0.2, 0.25) is 0 Å². The predicted octanol–water partition coefficient (Wildman–Crippen LogP) is 4.20. The summed E-state index contributed by atoms with van der Waals surface area (Å²) in [6.07, 6.45) is 1.65. The molecule has 0 aliphatic heterocycles. The quantitative estimate of drug-likeness (QED) is 0.763. The maximum absolute atomic E-state index is 13.3. The Morgan fingerprint density at radius 3 is 2.30 bits per heavy atom. The lowest BCUT2D eigenvalue weighted by Crippen LogP contribution is -2.23. The van der Waals surface area contributed by atoms with Gasteiger partial charge in [-0.05, 0) is 39.0 Å². The third-order valence-electron chi connectivity index (χ3n) is 3.23. The van der Waals surface area contributed by atoms with E-state index in [-0.39, 0.29) is 5.54 Å². The highest BCUT2D eigenvalue weighted by molar-refractivity contribution is 7.99. The molecule has 0 amide bonds. The van der Waals surface area contributed by atoms with Gasteiger partial charge in [-0.2, -0.15) is 5.10 Å². The monoisotopic (exact) mass is 334 g/mol. The van der Waals surface area contributed by atoms with Crippen LogP contribution in [-0.4, -0.2) is 14.8 Å². The summed E-state index contributed by atoms with van der Waals surface area (Å²) < 4.78 is 28.3. The van der Waals surface area contributed by atoms with Crippen LogP contribution in [-0.2, 0) is 5.54 Å². The molecule has 0 saturated carbocycles. The Labute approximate surface area is 136 Å². The fraction of sp³-hybridized carbons (Fsp3) is 0.250. The van der Waals surface area contributed by atoms with Gasteiger partial charge in [-0.15, -0.1) is 0 Å². The summed E-state index contributed by atoms with van der Waals surface area (Å²) in [5, 5.41) is 5.06. The van der Waals surface area contributed by atoms with Crippen molar-refractivity contribution in [3.63, 3.8) is 0 Å². The van der Waals surface area contributed by atoms with E-state index in [0.29, 0.717) is 16.4 Å². The topological polar surface area (TPSA) is 56.7 Å². The van der Waals surface area contributed by atoms with E-state index in [1.807, 2.05) is 26.8 Å². The number of nitrogen functional groups attached to an aromatic ring is 1. The van der Waals surface area contributed by atoms with Gasteiger partial charge >= 0.3 is 0 Å². The summed E-state index contributed by atoms with van der Waals surface area (Å²) in [6.45, 7) is 6.04. The van der Waals surface area contributed by atoms with Gasteiger partial charge in [-0.1, -0.05) is 11.8 Å². The number of hydrogen-bond acceptors (Lipinski definition) is 4. The van der Waals surface area contributed by atoms with Gasteiger partial charge in [0, 0.05) is 22.1 Å². The highest BCUT2D eigenvalue weighted by Crippen LogP contribution is 2.32. The Kier molecular flexibility index (Phi) is 3.75. The number of rotatable bonds is 2. The van der Waals surface area contributed by atoms with E-state index in [1.54, 1.807) is 10.9 Å². The number of pyridine rings is 1. The molecule has 0 spiro atoms. The van der Waals surface area contributed by atoms with Gasteiger partial charge in [0.1, 0.15) is 11.6 Å². The smallest absolute Gasteiger partial charge is 0.160 e. The van der Waals surface area contributed by atoms with Crippen molar-refractivity contribution in [1.29, 1.82) is 0 Å². The van der Waals surface area contributed by atoms with Crippen LogP contribution in [0, 0.1) is 11.6 Å². The molecule has 0 fully saturated rings. The number of hydrogen-bond donors (Lipinski definition) is 1. The Morgan fingerprint density at radius 1 is 1.04 bits per heavy atom. The summed E-state index contributed by atoms with van der Waals surface area (Å²) in [6, 6.07) is 5.23. The molecule has 3 aromatic rings. The van der Waals surface area contributed by atoms with Crippen LogP contribution in [0.1, 0.15) is 20.8 Å². The SMILES string of the molecule is CC(C)(C)n1nc(N)c2cc(Sc3cc(F)cc(F)c3)cnc21. The lowest BCUT2D eigenvalue weighted by atomic mass is 10.1. The van der Waals surface area contributed by atoms with Gasteiger partial charge in [0.2, 0.25) is 0 Å². The van der Waals surface area contributed by atoms with E-state index in [2.05, 4.69) is 10.1 Å². The Balaban J connectivity index is 2.02. The number of nitrogens with zero attached hydrogens (tertiary/aromatic N) is 3. The minimum absolute atomic E-state index is 0.247. The first-order chi connectivity index (χ1) is 10.7. The molecule has 3 rings (SSSR count). The van der Waals surface area contributed by atoms with Crippen molar-refractivity contribution in [1.82, 2.24) is 14.8 Å². The molecule has 1 aromatic carbocycles. The molecule has 2 N–H and O–H groups in total. The molecule has 0 aliphatic carbocycles. The van der Waals surface area contributed by atoms with Crippen molar-refractivity contribution in [2.24, 2.45) is 0 Å². The summed E-state index contributed by atoms with van der Waals surface area (Å²) in [4.78, 5) is 5.62. The fourth-order valence-electron chi connectivity index (χ4n) is 2.25. The zero-order chi connectivity index (χ0) is 16.8. The van der Waals surface area contributed by atoms with Crippen molar-refractivity contribution >= 4 is 28.6 Å². The highest BCUT2D eigenvalue weighted by Gasteiger charge is 2.20. The Bertz CT molecular complexity index is 863. The van der Waals surface area contributed by atoms with E-state index in [0.717, 1.165) is 16.3 Å². The van der Waals surface area contributed by atoms with E-state index in [1.165, 1.54) is 23.9 Å². The largest absolute Gasteiger partial charge is 0.382 e. The molecule has 0 unspecified atom stereocenters. The van der Waals surface area contributed by atoms with E-state index < -0.39 is 11.6 Å². The minimum atomic E-state index is -0.610. The normalized spacial score (nSPS) is 12.0. The summed E-state index contributed by atoms with van der Waals surface area (Å²) in [5.41, 5.74) is 6.42. The highest BCUT2D eigenvalue weighted by atomic mass is 32.2. The molecule has 0 saturated heterocycles. The minimum Gasteiger partial charge on any atom is -0.382 e. The first-order valence-corrected chi connectivity index (χ1v) is 7.84. The molecular weight excluding hydrogens is 318 g/mol. The maximum atomic E-state index is 13.3. The van der Waals surface area contributed by atoms with Gasteiger partial charge in [0.25, 0.3) is 0 Å². The number of fused-ring (bicyclic) bond motifs is 1. The van der Waals surface area contributed by atoms with E-state index >= 15 is 0 Å². The number of anilines is 1. The van der Waals surface area contributed by atoms with E-state index in [9.17, 15) is 8.78 Å². The van der Waals surface area contributed by atoms with Gasteiger partial charge in [0.05, 0.1) is 10.9 Å². The molecule has 0 radical (unpaired) electrons. The number of nitrogens with two attached hydrogens (primary N) is 1. The first kappa shape index (κ1) is 15.7. The molecule has 7 heteroatoms. The van der Waals surface area contributed by atoms with Gasteiger partial charge in [-0.25, -0.2) is 18.4 Å². The van der Waals surface area contributed by atoms with Crippen molar-refractivity contribution in [2.75, 3.05) is 5.73 Å². The number of halogens is 2. The van der Waals surface area contributed by atoms with Crippen molar-refractivity contribution < 1.29 is 8.78 Å². The standard InChI is InChI=1S/C16H16F2N4S/c1-16(2,3)22-15-13(14(19)21-22)7-12(8-20-15)23-11-5-9(17)4-10(18)6-11/h4-8H,1-3H3,(H2,19,21). The predicted molar refractivity (Wildman–Crippen MR) is 87.4 cm³/mol. The molecule has 2 heterocycles. The maximum Gasteiger partial charge on any atom is 0.160 e. The van der Waals surface area contributed by atoms with Crippen LogP contribution < -0.4 is 5.73 Å². The van der Waals surface area contributed by atoms with E-state index in [4.69, 9.17) is 5.73 Å². The van der Waals surface area contributed by atoms with Gasteiger partial charge < -0.3 is 5.73 Å². The summed E-state index contributed by atoms with van der Waals surface area (Å²) in [5.74, 6) is -0.835. The molecule has 4 nitrogen and oxygen atoms in total. The number of aromatic nitrogens is 3. The lowest BCUT2D eigenvalue weighted by Gasteiger charge is -2.19. The van der Waals surface area contributed by atoms with Crippen LogP contribution in [0.3, 0.4) is 0 Å². The molecule has 0 bridgehead atoms. The van der Waals surface area contributed by atoms with Gasteiger partial charge in [-0.3, -0.25) is 0 Å². The lowest BCUT2D eigenvalue weighted by molar-refractivity contribution is 0.367. The average molecular weight is 334 g/mol. The number of benzene rings is 1. The Hall–Kier alpha value is -2.15. The zero-order valence-electron chi connectivity index (χ0n) is 13.0. The zero-order valence-corrected chi connectivity index (χ0v) is 13.8. The van der Waals surface area contributed by atoms with Crippen molar-refractivity contribution in [2.45, 2.75) is 36.1 Å². The van der Waals surface area contributed by atoms with Crippen molar-refractivity contribution in [3.05, 3.63) is 42.1 Å². The van der Waals surface area contributed by atoms with Crippen LogP contribution in [0.15, 0.2) is 40.3 Å². The molecule has 23 heavy (non-hydrogen) atoms. The van der Waals surface area contributed by atoms with Crippen LogP contribution in [0.25, 0.3) is 11.0 Å². The first-order valence-electron chi connectivity index (χ1n) is 7.03. The average Bonchev–Trinajstić information content (AvgIpc) is 2.75. The molecule has 0 atom stereocenters. The van der Waals surface area contributed by atoms with Crippen molar-refractivity contribution in [3.8, 4) is 0 Å². The summed E-state index contributed by atoms with van der Waals surface area (Å²) in [7, 11) is 0. The third kappa shape index (κ3) is 3.14. The second-order valence-corrected chi connectivity index (χ2v) is 7.36. The Morgan fingerprint density at radius 2 is 1.70 bits per heavy atom. The van der Waals surface area contributed by atoms with Gasteiger partial charge in [0.15, 0.2) is 11.5 Å². The molecule has 0 aliphatic rings. The van der Waals surface area contributed by atoms with Crippen LogP contribution in [0.4, 0.5) is 14.6 Å². The second-order valence-electron chi connectivity index (χ2n) is 6.22. The molecule has 120 valence electrons.